The van der Waals surface area contributed by atoms with Crippen molar-refractivity contribution in [2.45, 2.75) is 6.92 Å². The third kappa shape index (κ3) is 5.77. The van der Waals surface area contributed by atoms with E-state index in [2.05, 4.69) is 16.2 Å². The Hall–Kier alpha value is -2.31. The number of carbonyl (C=O) groups excluding carboxylic acids is 1. The van der Waals surface area contributed by atoms with Crippen LogP contribution in [0, 0.1) is 6.92 Å². The number of aryl methyl sites for hydroxylation is 1. The summed E-state index contributed by atoms with van der Waals surface area (Å²) >= 11 is 11.1. The average Bonchev–Trinajstić information content (AvgIpc) is 2.54. The lowest BCUT2D eigenvalue weighted by atomic mass is 10.2. The number of hydrogen-bond acceptors (Lipinski definition) is 3. The normalized spacial score (nSPS) is 9.83. The van der Waals surface area contributed by atoms with Gasteiger partial charge in [-0.05, 0) is 49.0 Å². The fourth-order valence-electron chi connectivity index (χ4n) is 1.71. The van der Waals surface area contributed by atoms with Crippen molar-refractivity contribution in [1.82, 2.24) is 10.9 Å². The van der Waals surface area contributed by atoms with Crippen LogP contribution < -0.4 is 20.9 Å². The van der Waals surface area contributed by atoms with Crippen molar-refractivity contribution >= 4 is 40.5 Å². The van der Waals surface area contributed by atoms with E-state index in [1.807, 2.05) is 43.3 Å². The van der Waals surface area contributed by atoms with Crippen LogP contribution in [-0.2, 0) is 4.79 Å². The van der Waals surface area contributed by atoms with Gasteiger partial charge in [0, 0.05) is 5.69 Å². The molecule has 0 atom stereocenters. The van der Waals surface area contributed by atoms with Gasteiger partial charge < -0.3 is 10.1 Å². The molecular formula is C16H16ClN3O2S. The van der Waals surface area contributed by atoms with Crippen molar-refractivity contribution in [2.75, 3.05) is 11.9 Å². The van der Waals surface area contributed by atoms with Crippen molar-refractivity contribution in [2.24, 2.45) is 0 Å². The molecule has 0 bridgehead atoms. The number of hydrazine groups is 1. The minimum atomic E-state index is -0.375. The molecule has 0 aliphatic heterocycles. The topological polar surface area (TPSA) is 62.4 Å². The highest BCUT2D eigenvalue weighted by Crippen LogP contribution is 2.24. The smallest absolute Gasteiger partial charge is 0.276 e. The number of halogens is 1. The number of anilines is 1. The maximum atomic E-state index is 11.7. The molecule has 2 aromatic rings. The number of rotatable bonds is 4. The van der Waals surface area contributed by atoms with Crippen LogP contribution in [0.2, 0.25) is 5.02 Å². The number of ether oxygens (including phenoxy) is 1. The van der Waals surface area contributed by atoms with Gasteiger partial charge in [0.25, 0.3) is 5.91 Å². The maximum Gasteiger partial charge on any atom is 0.276 e. The molecule has 5 nitrogen and oxygen atoms in total. The molecule has 0 heterocycles. The molecule has 2 rings (SSSR count). The second-order valence-electron chi connectivity index (χ2n) is 4.72. The zero-order chi connectivity index (χ0) is 16.7. The Bertz CT molecular complexity index is 695. The summed E-state index contributed by atoms with van der Waals surface area (Å²) in [5.74, 6) is 0.0894. The second kappa shape index (κ2) is 8.36. The molecule has 1 amide bonds. The van der Waals surface area contributed by atoms with Gasteiger partial charge in [-0.2, -0.15) is 0 Å². The summed E-state index contributed by atoms with van der Waals surface area (Å²) in [5, 5.41) is 3.66. The molecule has 0 saturated carbocycles. The fraction of sp³-hybridized carbons (Fsp3) is 0.125. The van der Waals surface area contributed by atoms with E-state index in [9.17, 15) is 4.79 Å². The van der Waals surface area contributed by atoms with Gasteiger partial charge in [-0.25, -0.2) is 0 Å². The summed E-state index contributed by atoms with van der Waals surface area (Å²) in [6.07, 6.45) is 0. The number of thiocarbonyl (C=S) groups is 1. The van der Waals surface area contributed by atoms with Crippen LogP contribution in [0.4, 0.5) is 5.69 Å². The first-order chi connectivity index (χ1) is 11.0. The van der Waals surface area contributed by atoms with Crippen LogP contribution in [0.5, 0.6) is 5.75 Å². The minimum absolute atomic E-state index is 0.176. The zero-order valence-corrected chi connectivity index (χ0v) is 14.0. The van der Waals surface area contributed by atoms with E-state index in [4.69, 9.17) is 28.6 Å². The predicted molar refractivity (Wildman–Crippen MR) is 95.6 cm³/mol. The fourth-order valence-corrected chi connectivity index (χ4v) is 2.05. The third-order valence-corrected chi connectivity index (χ3v) is 3.31. The van der Waals surface area contributed by atoms with Gasteiger partial charge in [-0.1, -0.05) is 35.9 Å². The van der Waals surface area contributed by atoms with E-state index >= 15 is 0 Å². The first kappa shape index (κ1) is 17.1. The van der Waals surface area contributed by atoms with Crippen LogP contribution >= 0.6 is 23.8 Å². The Labute approximate surface area is 145 Å². The Kier molecular flexibility index (Phi) is 6.19. The SMILES string of the molecule is Cc1ccc(Cl)c(OCC(=O)NNC(=S)Nc2ccccc2)c1. The number of para-hydroxylation sites is 1. The Balaban J connectivity index is 1.74. The first-order valence-electron chi connectivity index (χ1n) is 6.84. The summed E-state index contributed by atoms with van der Waals surface area (Å²) in [4.78, 5) is 11.7. The van der Waals surface area contributed by atoms with E-state index in [-0.39, 0.29) is 17.6 Å². The Morgan fingerprint density at radius 3 is 2.65 bits per heavy atom. The standard InChI is InChI=1S/C16H16ClN3O2S/c1-11-7-8-13(17)14(9-11)22-10-15(21)19-20-16(23)18-12-5-3-2-4-6-12/h2-9H,10H2,1H3,(H,19,21)(H2,18,20,23). The Morgan fingerprint density at radius 1 is 1.17 bits per heavy atom. The molecule has 0 aliphatic carbocycles. The lowest BCUT2D eigenvalue weighted by Crippen LogP contribution is -2.45. The average molecular weight is 350 g/mol. The molecule has 7 heteroatoms. The van der Waals surface area contributed by atoms with E-state index in [1.54, 1.807) is 12.1 Å². The summed E-state index contributed by atoms with van der Waals surface area (Å²) in [6.45, 7) is 1.74. The number of carbonyl (C=O) groups is 1. The minimum Gasteiger partial charge on any atom is -0.482 e. The molecule has 23 heavy (non-hydrogen) atoms. The van der Waals surface area contributed by atoms with Crippen LogP contribution in [-0.4, -0.2) is 17.6 Å². The van der Waals surface area contributed by atoms with Gasteiger partial charge >= 0.3 is 0 Å². The van der Waals surface area contributed by atoms with Gasteiger partial charge in [0.05, 0.1) is 5.02 Å². The van der Waals surface area contributed by atoms with Gasteiger partial charge in [-0.15, -0.1) is 0 Å². The van der Waals surface area contributed by atoms with Crippen molar-refractivity contribution in [3.8, 4) is 5.75 Å². The first-order valence-corrected chi connectivity index (χ1v) is 7.63. The van der Waals surface area contributed by atoms with Crippen molar-refractivity contribution in [3.63, 3.8) is 0 Å². The van der Waals surface area contributed by atoms with Crippen LogP contribution in [0.15, 0.2) is 48.5 Å². The van der Waals surface area contributed by atoms with E-state index < -0.39 is 0 Å². The monoisotopic (exact) mass is 349 g/mol. The second-order valence-corrected chi connectivity index (χ2v) is 5.53. The maximum absolute atomic E-state index is 11.7. The van der Waals surface area contributed by atoms with Crippen LogP contribution in [0.3, 0.4) is 0 Å². The van der Waals surface area contributed by atoms with Crippen molar-refractivity contribution < 1.29 is 9.53 Å². The molecule has 0 unspecified atom stereocenters. The number of benzene rings is 2. The molecule has 0 aliphatic rings. The summed E-state index contributed by atoms with van der Waals surface area (Å²) in [7, 11) is 0. The number of amides is 1. The van der Waals surface area contributed by atoms with Gasteiger partial charge in [0.1, 0.15) is 5.75 Å². The number of nitrogens with one attached hydrogen (secondary N) is 3. The van der Waals surface area contributed by atoms with Gasteiger partial charge in [-0.3, -0.25) is 15.6 Å². The van der Waals surface area contributed by atoms with E-state index in [1.165, 1.54) is 0 Å². The molecule has 0 aromatic heterocycles. The van der Waals surface area contributed by atoms with Gasteiger partial charge in [0.2, 0.25) is 0 Å². The van der Waals surface area contributed by atoms with Crippen LogP contribution in [0.1, 0.15) is 5.56 Å². The molecule has 0 saturated heterocycles. The molecular weight excluding hydrogens is 334 g/mol. The molecule has 120 valence electrons. The van der Waals surface area contributed by atoms with Crippen molar-refractivity contribution in [3.05, 3.63) is 59.1 Å². The van der Waals surface area contributed by atoms with Crippen molar-refractivity contribution in [1.29, 1.82) is 0 Å². The zero-order valence-electron chi connectivity index (χ0n) is 12.4. The Morgan fingerprint density at radius 2 is 1.91 bits per heavy atom. The highest BCUT2D eigenvalue weighted by atomic mass is 35.5. The largest absolute Gasteiger partial charge is 0.482 e. The highest BCUT2D eigenvalue weighted by Gasteiger charge is 2.06. The lowest BCUT2D eigenvalue weighted by molar-refractivity contribution is -0.123. The van der Waals surface area contributed by atoms with E-state index in [0.29, 0.717) is 10.8 Å². The van der Waals surface area contributed by atoms with Gasteiger partial charge in [0.15, 0.2) is 11.7 Å². The highest BCUT2D eigenvalue weighted by molar-refractivity contribution is 7.80. The molecule has 0 spiro atoms. The third-order valence-electron chi connectivity index (χ3n) is 2.79. The number of hydrogen-bond donors (Lipinski definition) is 3. The summed E-state index contributed by atoms with van der Waals surface area (Å²) in [6, 6.07) is 14.7. The lowest BCUT2D eigenvalue weighted by Gasteiger charge is -2.12. The quantitative estimate of drug-likeness (QED) is 0.585. The van der Waals surface area contributed by atoms with Crippen LogP contribution in [0.25, 0.3) is 0 Å². The predicted octanol–water partition coefficient (Wildman–Crippen LogP) is 3.05. The molecule has 0 radical (unpaired) electrons. The summed E-state index contributed by atoms with van der Waals surface area (Å²) in [5.41, 5.74) is 6.87. The summed E-state index contributed by atoms with van der Waals surface area (Å²) < 4.78 is 5.38. The molecule has 0 fully saturated rings. The molecule has 3 N–H and O–H groups in total. The molecule has 2 aromatic carbocycles. The van der Waals surface area contributed by atoms with E-state index in [0.717, 1.165) is 11.3 Å².